The number of hydrogen-bond donors (Lipinski definition) is 2. The number of nitrogens with zero attached hydrogens (tertiary/aromatic N) is 1. The lowest BCUT2D eigenvalue weighted by Gasteiger charge is -2.03. The molecule has 2 N–H and O–H groups in total. The Hall–Kier alpha value is -2.34. The van der Waals surface area contributed by atoms with Gasteiger partial charge in [-0.2, -0.15) is 0 Å². The van der Waals surface area contributed by atoms with Crippen molar-refractivity contribution < 1.29 is 9.21 Å². The van der Waals surface area contributed by atoms with E-state index in [9.17, 15) is 4.79 Å². The molecule has 108 valence electrons. The van der Waals surface area contributed by atoms with Crippen LogP contribution in [-0.2, 0) is 6.42 Å². The highest BCUT2D eigenvalue weighted by Crippen LogP contribution is 2.25. The summed E-state index contributed by atoms with van der Waals surface area (Å²) in [6.45, 7) is 2.34. The first-order valence-electron chi connectivity index (χ1n) is 6.65. The smallest absolute Gasteiger partial charge is 0.287 e. The molecule has 0 saturated heterocycles. The van der Waals surface area contributed by atoms with Gasteiger partial charge < -0.3 is 14.7 Å². The molecular weight excluding hydrogens is 286 g/mol. The molecular formula is C15H15N3O2S. The molecule has 0 aliphatic carbocycles. The van der Waals surface area contributed by atoms with Crippen LogP contribution in [0.4, 0.5) is 0 Å². The van der Waals surface area contributed by atoms with Crippen molar-refractivity contribution in [2.24, 2.45) is 0 Å². The van der Waals surface area contributed by atoms with E-state index in [1.54, 1.807) is 29.8 Å². The number of H-pyrrole nitrogens is 1. The van der Waals surface area contributed by atoms with Gasteiger partial charge in [0.05, 0.1) is 11.2 Å². The zero-order chi connectivity index (χ0) is 14.7. The number of aromatic nitrogens is 2. The SMILES string of the molecule is Cc1ccc(C(=O)NCCc2[nH]cnc2-c2cccs2)o1. The van der Waals surface area contributed by atoms with E-state index in [0.29, 0.717) is 18.7 Å². The average Bonchev–Trinajstić information content (AvgIpc) is 3.18. The lowest BCUT2D eigenvalue weighted by Crippen LogP contribution is -2.25. The largest absolute Gasteiger partial charge is 0.456 e. The van der Waals surface area contributed by atoms with Crippen LogP contribution in [0.1, 0.15) is 22.0 Å². The molecule has 21 heavy (non-hydrogen) atoms. The van der Waals surface area contributed by atoms with Crippen LogP contribution in [0.15, 0.2) is 40.4 Å². The predicted octanol–water partition coefficient (Wildman–Crippen LogP) is 3.01. The minimum Gasteiger partial charge on any atom is -0.456 e. The first-order valence-corrected chi connectivity index (χ1v) is 7.53. The second-order valence-corrected chi connectivity index (χ2v) is 5.57. The van der Waals surface area contributed by atoms with Crippen LogP contribution in [0.2, 0.25) is 0 Å². The average molecular weight is 301 g/mol. The summed E-state index contributed by atoms with van der Waals surface area (Å²) < 4.78 is 5.29. The van der Waals surface area contributed by atoms with E-state index < -0.39 is 0 Å². The van der Waals surface area contributed by atoms with Crippen molar-refractivity contribution in [2.75, 3.05) is 6.54 Å². The van der Waals surface area contributed by atoms with Gasteiger partial charge in [0, 0.05) is 18.7 Å². The number of aromatic amines is 1. The third-order valence-corrected chi connectivity index (χ3v) is 3.97. The summed E-state index contributed by atoms with van der Waals surface area (Å²) in [5, 5.41) is 4.87. The van der Waals surface area contributed by atoms with Gasteiger partial charge in [0.1, 0.15) is 11.5 Å². The fourth-order valence-electron chi connectivity index (χ4n) is 2.08. The topological polar surface area (TPSA) is 70.9 Å². The van der Waals surface area contributed by atoms with Gasteiger partial charge in [-0.25, -0.2) is 4.98 Å². The third kappa shape index (κ3) is 3.05. The maximum atomic E-state index is 11.9. The molecule has 0 unspecified atom stereocenters. The molecule has 0 spiro atoms. The van der Waals surface area contributed by atoms with Crippen molar-refractivity contribution in [1.82, 2.24) is 15.3 Å². The second kappa shape index (κ2) is 5.97. The number of aryl methyl sites for hydroxylation is 1. The van der Waals surface area contributed by atoms with Crippen molar-refractivity contribution >= 4 is 17.2 Å². The summed E-state index contributed by atoms with van der Waals surface area (Å²) in [6, 6.07) is 7.49. The molecule has 3 aromatic heterocycles. The van der Waals surface area contributed by atoms with Crippen molar-refractivity contribution in [3.8, 4) is 10.6 Å². The number of amides is 1. The van der Waals surface area contributed by atoms with Gasteiger partial charge in [-0.3, -0.25) is 4.79 Å². The van der Waals surface area contributed by atoms with Crippen LogP contribution in [0.3, 0.4) is 0 Å². The molecule has 3 heterocycles. The highest BCUT2D eigenvalue weighted by atomic mass is 32.1. The van der Waals surface area contributed by atoms with E-state index >= 15 is 0 Å². The Morgan fingerprint density at radius 1 is 1.43 bits per heavy atom. The number of rotatable bonds is 5. The van der Waals surface area contributed by atoms with Gasteiger partial charge in [0.15, 0.2) is 5.76 Å². The normalized spacial score (nSPS) is 10.7. The van der Waals surface area contributed by atoms with Crippen molar-refractivity contribution in [1.29, 1.82) is 0 Å². The van der Waals surface area contributed by atoms with Crippen LogP contribution < -0.4 is 5.32 Å². The Balaban J connectivity index is 1.59. The lowest BCUT2D eigenvalue weighted by atomic mass is 10.2. The molecule has 0 bridgehead atoms. The molecule has 0 aliphatic rings. The van der Waals surface area contributed by atoms with Gasteiger partial charge >= 0.3 is 0 Å². The monoisotopic (exact) mass is 301 g/mol. The van der Waals surface area contributed by atoms with Crippen molar-refractivity contribution in [3.05, 3.63) is 53.2 Å². The minimum absolute atomic E-state index is 0.194. The fourth-order valence-corrected chi connectivity index (χ4v) is 2.83. The molecule has 0 atom stereocenters. The fraction of sp³-hybridized carbons (Fsp3) is 0.200. The van der Waals surface area contributed by atoms with Gasteiger partial charge in [0.2, 0.25) is 0 Å². The molecule has 3 aromatic rings. The Kier molecular flexibility index (Phi) is 3.87. The number of carbonyl (C=O) groups is 1. The third-order valence-electron chi connectivity index (χ3n) is 3.10. The molecule has 5 nitrogen and oxygen atoms in total. The molecule has 3 rings (SSSR count). The maximum absolute atomic E-state index is 11.9. The van der Waals surface area contributed by atoms with Gasteiger partial charge in [-0.1, -0.05) is 6.07 Å². The zero-order valence-corrected chi connectivity index (χ0v) is 12.4. The van der Waals surface area contributed by atoms with Crippen LogP contribution in [0.25, 0.3) is 10.6 Å². The summed E-state index contributed by atoms with van der Waals surface area (Å²) in [5.74, 6) is 0.879. The summed E-state index contributed by atoms with van der Waals surface area (Å²) >= 11 is 1.65. The highest BCUT2D eigenvalue weighted by molar-refractivity contribution is 7.13. The molecule has 0 aliphatic heterocycles. The van der Waals surface area contributed by atoms with E-state index in [4.69, 9.17) is 4.42 Å². The summed E-state index contributed by atoms with van der Waals surface area (Å²) in [5.41, 5.74) is 1.97. The van der Waals surface area contributed by atoms with Crippen LogP contribution in [-0.4, -0.2) is 22.4 Å². The number of furan rings is 1. The van der Waals surface area contributed by atoms with Gasteiger partial charge in [-0.05, 0) is 30.5 Å². The quantitative estimate of drug-likeness (QED) is 0.761. The summed E-state index contributed by atoms with van der Waals surface area (Å²) in [7, 11) is 0. The maximum Gasteiger partial charge on any atom is 0.287 e. The van der Waals surface area contributed by atoms with Crippen LogP contribution >= 0.6 is 11.3 Å². The highest BCUT2D eigenvalue weighted by Gasteiger charge is 2.12. The summed E-state index contributed by atoms with van der Waals surface area (Å²) in [6.07, 6.45) is 2.38. The molecule has 0 fully saturated rings. The number of nitrogens with one attached hydrogen (secondary N) is 2. The molecule has 1 amide bonds. The molecule has 6 heteroatoms. The number of imidazole rings is 1. The first kappa shape index (κ1) is 13.6. The zero-order valence-electron chi connectivity index (χ0n) is 11.6. The van der Waals surface area contributed by atoms with Crippen molar-refractivity contribution in [2.45, 2.75) is 13.3 Å². The van der Waals surface area contributed by atoms with Gasteiger partial charge in [0.25, 0.3) is 5.91 Å². The Labute approximate surface area is 126 Å². The van der Waals surface area contributed by atoms with E-state index in [1.807, 2.05) is 24.4 Å². The second-order valence-electron chi connectivity index (χ2n) is 4.62. The van der Waals surface area contributed by atoms with Gasteiger partial charge in [-0.15, -0.1) is 11.3 Å². The minimum atomic E-state index is -0.194. The van der Waals surface area contributed by atoms with E-state index in [2.05, 4.69) is 15.3 Å². The van der Waals surface area contributed by atoms with Crippen molar-refractivity contribution in [3.63, 3.8) is 0 Å². The first-order chi connectivity index (χ1) is 10.2. The predicted molar refractivity (Wildman–Crippen MR) is 81.4 cm³/mol. The number of hydrogen-bond acceptors (Lipinski definition) is 4. The standard InChI is InChI=1S/C15H15N3O2S/c1-10-4-5-12(20-10)15(19)16-7-6-11-14(18-9-17-11)13-3-2-8-21-13/h2-5,8-9H,6-7H2,1H3,(H,16,19)(H,17,18). The van der Waals surface area contributed by atoms with E-state index in [0.717, 1.165) is 22.0 Å². The molecule has 0 saturated carbocycles. The van der Waals surface area contributed by atoms with Crippen LogP contribution in [0, 0.1) is 6.92 Å². The lowest BCUT2D eigenvalue weighted by molar-refractivity contribution is 0.0925. The molecule has 0 radical (unpaired) electrons. The number of thiophene rings is 1. The Morgan fingerprint density at radius 2 is 2.33 bits per heavy atom. The number of carbonyl (C=O) groups excluding carboxylic acids is 1. The van der Waals surface area contributed by atoms with Crippen LogP contribution in [0.5, 0.6) is 0 Å². The summed E-state index contributed by atoms with van der Waals surface area (Å²) in [4.78, 5) is 20.5. The Bertz CT molecular complexity index is 728. The van der Waals surface area contributed by atoms with E-state index in [-0.39, 0.29) is 5.91 Å². The molecule has 0 aromatic carbocycles. The Morgan fingerprint density at radius 3 is 3.05 bits per heavy atom. The van der Waals surface area contributed by atoms with E-state index in [1.165, 1.54) is 0 Å².